The fourth-order valence-electron chi connectivity index (χ4n) is 1.88. The Bertz CT molecular complexity index is 882. The fourth-order valence-corrected chi connectivity index (χ4v) is 2.40. The van der Waals surface area contributed by atoms with E-state index in [0.717, 1.165) is 12.1 Å². The number of primary sulfonamides is 1. The SMILES string of the molecule is NS(=O)(=O)c1ccc(C(=O)OCC(=O)NCc2ccccc2F)cc1. The van der Waals surface area contributed by atoms with E-state index in [0.29, 0.717) is 5.56 Å². The summed E-state index contributed by atoms with van der Waals surface area (Å²) in [4.78, 5) is 23.3. The molecule has 0 saturated carbocycles. The molecule has 0 aliphatic heterocycles. The van der Waals surface area contributed by atoms with Crippen LogP contribution in [0.1, 0.15) is 15.9 Å². The number of carbonyl (C=O) groups excluding carboxylic acids is 2. The van der Waals surface area contributed by atoms with Crippen molar-refractivity contribution < 1.29 is 27.1 Å². The number of esters is 1. The predicted octanol–water partition coefficient (Wildman–Crippen LogP) is 0.946. The maximum absolute atomic E-state index is 13.4. The van der Waals surface area contributed by atoms with Crippen LogP contribution in [0.5, 0.6) is 0 Å². The number of hydrogen-bond acceptors (Lipinski definition) is 5. The van der Waals surface area contributed by atoms with Crippen LogP contribution in [0.15, 0.2) is 53.4 Å². The Labute approximate surface area is 143 Å². The molecule has 2 aromatic carbocycles. The van der Waals surface area contributed by atoms with Crippen LogP contribution in [0.4, 0.5) is 4.39 Å². The highest BCUT2D eigenvalue weighted by Gasteiger charge is 2.13. The largest absolute Gasteiger partial charge is 0.452 e. The molecule has 25 heavy (non-hydrogen) atoms. The van der Waals surface area contributed by atoms with Crippen LogP contribution >= 0.6 is 0 Å². The van der Waals surface area contributed by atoms with Crippen LogP contribution in [0.2, 0.25) is 0 Å². The molecule has 0 bridgehead atoms. The number of carbonyl (C=O) groups is 2. The molecular weight excluding hydrogens is 351 g/mol. The van der Waals surface area contributed by atoms with E-state index in [1.807, 2.05) is 0 Å². The molecule has 1 amide bonds. The number of nitrogens with one attached hydrogen (secondary N) is 1. The zero-order chi connectivity index (χ0) is 18.4. The Morgan fingerprint density at radius 3 is 2.32 bits per heavy atom. The lowest BCUT2D eigenvalue weighted by atomic mass is 10.2. The second kappa shape index (κ2) is 7.86. The summed E-state index contributed by atoms with van der Waals surface area (Å²) in [6.45, 7) is -0.587. The lowest BCUT2D eigenvalue weighted by molar-refractivity contribution is -0.124. The van der Waals surface area contributed by atoms with Gasteiger partial charge in [0.2, 0.25) is 10.0 Å². The quantitative estimate of drug-likeness (QED) is 0.739. The molecule has 7 nitrogen and oxygen atoms in total. The standard InChI is InChI=1S/C16H15FN2O5S/c17-14-4-2-1-3-12(14)9-19-15(20)10-24-16(21)11-5-7-13(8-6-11)25(18,22)23/h1-8H,9-10H2,(H,19,20)(H2,18,22,23). The van der Waals surface area contributed by atoms with Gasteiger partial charge in [-0.3, -0.25) is 4.79 Å². The lowest BCUT2D eigenvalue weighted by Crippen LogP contribution is -2.28. The molecule has 0 aliphatic rings. The number of sulfonamides is 1. The molecule has 9 heteroatoms. The van der Waals surface area contributed by atoms with Crippen LogP contribution in [-0.4, -0.2) is 26.9 Å². The summed E-state index contributed by atoms with van der Waals surface area (Å²) in [7, 11) is -3.86. The van der Waals surface area contributed by atoms with Crippen molar-refractivity contribution in [3.8, 4) is 0 Å². The molecule has 0 saturated heterocycles. The summed E-state index contributed by atoms with van der Waals surface area (Å²) in [5.74, 6) is -1.85. The molecule has 0 aromatic heterocycles. The zero-order valence-electron chi connectivity index (χ0n) is 12.9. The zero-order valence-corrected chi connectivity index (χ0v) is 13.8. The minimum Gasteiger partial charge on any atom is -0.452 e. The molecule has 0 radical (unpaired) electrons. The minimum atomic E-state index is -3.86. The van der Waals surface area contributed by atoms with Gasteiger partial charge in [-0.15, -0.1) is 0 Å². The molecule has 3 N–H and O–H groups in total. The average Bonchev–Trinajstić information content (AvgIpc) is 2.58. The van der Waals surface area contributed by atoms with Crippen molar-refractivity contribution in [2.45, 2.75) is 11.4 Å². The molecular formula is C16H15FN2O5S. The van der Waals surface area contributed by atoms with Gasteiger partial charge in [-0.05, 0) is 30.3 Å². The highest BCUT2D eigenvalue weighted by atomic mass is 32.2. The van der Waals surface area contributed by atoms with E-state index in [1.54, 1.807) is 6.07 Å². The van der Waals surface area contributed by atoms with Crippen molar-refractivity contribution in [2.24, 2.45) is 5.14 Å². The first-order valence-electron chi connectivity index (χ1n) is 7.07. The summed E-state index contributed by atoms with van der Waals surface area (Å²) < 4.78 is 40.5. The van der Waals surface area contributed by atoms with Gasteiger partial charge in [0.05, 0.1) is 10.5 Å². The van der Waals surface area contributed by atoms with Crippen molar-refractivity contribution in [2.75, 3.05) is 6.61 Å². The van der Waals surface area contributed by atoms with E-state index < -0.39 is 34.3 Å². The van der Waals surface area contributed by atoms with Crippen molar-refractivity contribution in [3.63, 3.8) is 0 Å². The Balaban J connectivity index is 1.85. The van der Waals surface area contributed by atoms with Gasteiger partial charge in [0.15, 0.2) is 6.61 Å². The smallest absolute Gasteiger partial charge is 0.338 e. The summed E-state index contributed by atoms with van der Waals surface area (Å²) in [6.07, 6.45) is 0. The maximum atomic E-state index is 13.4. The molecule has 0 unspecified atom stereocenters. The van der Waals surface area contributed by atoms with E-state index >= 15 is 0 Å². The highest BCUT2D eigenvalue weighted by molar-refractivity contribution is 7.89. The van der Waals surface area contributed by atoms with Gasteiger partial charge in [-0.2, -0.15) is 0 Å². The van der Waals surface area contributed by atoms with Gasteiger partial charge in [-0.1, -0.05) is 18.2 Å². The molecule has 0 aliphatic carbocycles. The Morgan fingerprint density at radius 1 is 1.08 bits per heavy atom. The van der Waals surface area contributed by atoms with Gasteiger partial charge < -0.3 is 10.1 Å². The maximum Gasteiger partial charge on any atom is 0.338 e. The second-order valence-electron chi connectivity index (χ2n) is 5.01. The molecule has 0 heterocycles. The van der Waals surface area contributed by atoms with Gasteiger partial charge >= 0.3 is 5.97 Å². The number of nitrogens with two attached hydrogens (primary N) is 1. The molecule has 0 fully saturated rings. The fraction of sp³-hybridized carbons (Fsp3) is 0.125. The Morgan fingerprint density at radius 2 is 1.72 bits per heavy atom. The molecule has 2 aromatic rings. The molecule has 132 valence electrons. The summed E-state index contributed by atoms with van der Waals surface area (Å²) >= 11 is 0. The van der Waals surface area contributed by atoms with Crippen LogP contribution in [0, 0.1) is 5.82 Å². The first kappa shape index (κ1) is 18.6. The third kappa shape index (κ3) is 5.37. The molecule has 2 rings (SSSR count). The first-order chi connectivity index (χ1) is 11.8. The van der Waals surface area contributed by atoms with Crippen LogP contribution in [0.25, 0.3) is 0 Å². The third-order valence-electron chi connectivity index (χ3n) is 3.19. The van der Waals surface area contributed by atoms with Crippen LogP contribution < -0.4 is 10.5 Å². The average molecular weight is 366 g/mol. The summed E-state index contributed by atoms with van der Waals surface area (Å²) in [6, 6.07) is 10.7. The Hall–Kier alpha value is -2.78. The first-order valence-corrected chi connectivity index (χ1v) is 8.62. The van der Waals surface area contributed by atoms with E-state index in [9.17, 15) is 22.4 Å². The number of benzene rings is 2. The normalized spacial score (nSPS) is 11.0. The monoisotopic (exact) mass is 366 g/mol. The van der Waals surface area contributed by atoms with E-state index in [2.05, 4.69) is 5.32 Å². The van der Waals surface area contributed by atoms with E-state index in [4.69, 9.17) is 9.88 Å². The van der Waals surface area contributed by atoms with Gasteiger partial charge in [-0.25, -0.2) is 22.7 Å². The molecule has 0 spiro atoms. The van der Waals surface area contributed by atoms with Crippen molar-refractivity contribution >= 4 is 21.9 Å². The van der Waals surface area contributed by atoms with Gasteiger partial charge in [0.25, 0.3) is 5.91 Å². The Kier molecular flexibility index (Phi) is 5.84. The van der Waals surface area contributed by atoms with Crippen molar-refractivity contribution in [3.05, 3.63) is 65.5 Å². The minimum absolute atomic E-state index is 0.0356. The van der Waals surface area contributed by atoms with Crippen molar-refractivity contribution in [1.82, 2.24) is 5.32 Å². The topological polar surface area (TPSA) is 116 Å². The molecule has 0 atom stereocenters. The highest BCUT2D eigenvalue weighted by Crippen LogP contribution is 2.10. The predicted molar refractivity (Wildman–Crippen MR) is 86.3 cm³/mol. The summed E-state index contributed by atoms with van der Waals surface area (Å²) in [5.41, 5.74) is 0.370. The number of hydrogen-bond donors (Lipinski definition) is 2. The van der Waals surface area contributed by atoms with Crippen molar-refractivity contribution in [1.29, 1.82) is 0 Å². The lowest BCUT2D eigenvalue weighted by Gasteiger charge is -2.07. The summed E-state index contributed by atoms with van der Waals surface area (Å²) in [5, 5.41) is 7.37. The van der Waals surface area contributed by atoms with E-state index in [-0.39, 0.29) is 17.0 Å². The number of halogens is 1. The number of rotatable bonds is 6. The third-order valence-corrected chi connectivity index (χ3v) is 4.12. The number of ether oxygens (including phenoxy) is 1. The van der Waals surface area contributed by atoms with Gasteiger partial charge in [0.1, 0.15) is 5.82 Å². The van der Waals surface area contributed by atoms with Crippen LogP contribution in [0.3, 0.4) is 0 Å². The number of amides is 1. The van der Waals surface area contributed by atoms with Gasteiger partial charge in [0, 0.05) is 12.1 Å². The van der Waals surface area contributed by atoms with E-state index in [1.165, 1.54) is 30.3 Å². The van der Waals surface area contributed by atoms with Crippen LogP contribution in [-0.2, 0) is 26.1 Å². The second-order valence-corrected chi connectivity index (χ2v) is 6.58.